The molecule has 2 N–H and O–H groups in total. The molecule has 1 aliphatic rings. The Kier molecular flexibility index (Phi) is 4.13. The SMILES string of the molecule is C/C(=N\NC(=O)c1cc(C2CC2)nc2ccccc12)c1ccc(O)cc1. The topological polar surface area (TPSA) is 74.6 Å². The number of rotatable bonds is 4. The van der Waals surface area contributed by atoms with Gasteiger partial charge in [0.05, 0.1) is 16.8 Å². The molecule has 130 valence electrons. The maximum absolute atomic E-state index is 12.8. The Labute approximate surface area is 151 Å². The summed E-state index contributed by atoms with van der Waals surface area (Å²) >= 11 is 0. The molecule has 0 spiro atoms. The van der Waals surface area contributed by atoms with Crippen molar-refractivity contribution < 1.29 is 9.90 Å². The number of hydrogen-bond acceptors (Lipinski definition) is 4. The fourth-order valence-electron chi connectivity index (χ4n) is 2.93. The van der Waals surface area contributed by atoms with Crippen LogP contribution in [0.25, 0.3) is 10.9 Å². The monoisotopic (exact) mass is 345 g/mol. The van der Waals surface area contributed by atoms with Gasteiger partial charge >= 0.3 is 0 Å². The predicted molar refractivity (Wildman–Crippen MR) is 102 cm³/mol. The van der Waals surface area contributed by atoms with E-state index in [0.717, 1.165) is 35.0 Å². The van der Waals surface area contributed by atoms with E-state index in [1.54, 1.807) is 24.3 Å². The number of pyridine rings is 1. The molecule has 5 nitrogen and oxygen atoms in total. The second-order valence-electron chi connectivity index (χ2n) is 6.57. The molecule has 0 bridgehead atoms. The predicted octanol–water partition coefficient (Wildman–Crippen LogP) is 3.97. The number of hydrazone groups is 1. The molecule has 26 heavy (non-hydrogen) atoms. The number of phenols is 1. The smallest absolute Gasteiger partial charge is 0.272 e. The van der Waals surface area contributed by atoms with E-state index in [0.29, 0.717) is 17.2 Å². The lowest BCUT2D eigenvalue weighted by Crippen LogP contribution is -2.20. The Morgan fingerprint density at radius 3 is 2.62 bits per heavy atom. The number of carbonyl (C=O) groups excluding carboxylic acids is 1. The summed E-state index contributed by atoms with van der Waals surface area (Å²) in [5.41, 5.74) is 6.56. The number of phenolic OH excluding ortho intramolecular Hbond substituents is 1. The quantitative estimate of drug-likeness (QED) is 0.555. The van der Waals surface area contributed by atoms with Crippen molar-refractivity contribution in [3.63, 3.8) is 0 Å². The Hall–Kier alpha value is -3.21. The number of nitrogens with zero attached hydrogens (tertiary/aromatic N) is 2. The summed E-state index contributed by atoms with van der Waals surface area (Å²) in [5.74, 6) is 0.415. The van der Waals surface area contributed by atoms with Crippen LogP contribution in [0.1, 0.15) is 47.3 Å². The summed E-state index contributed by atoms with van der Waals surface area (Å²) in [4.78, 5) is 17.4. The van der Waals surface area contributed by atoms with Crippen LogP contribution < -0.4 is 5.43 Å². The summed E-state index contributed by atoms with van der Waals surface area (Å²) in [5, 5.41) is 14.4. The first-order valence-electron chi connectivity index (χ1n) is 8.65. The fraction of sp³-hybridized carbons (Fsp3) is 0.190. The second-order valence-corrected chi connectivity index (χ2v) is 6.57. The standard InChI is InChI=1S/C21H19N3O2/c1-13(14-8-10-16(25)11-9-14)23-24-21(26)18-12-20(15-6-7-15)22-19-5-3-2-4-17(18)19/h2-5,8-12,15,25H,6-7H2,1H3,(H,24,26)/b23-13+. The van der Waals surface area contributed by atoms with Crippen LogP contribution in [0.4, 0.5) is 0 Å². The lowest BCUT2D eigenvalue weighted by molar-refractivity contribution is 0.0956. The lowest BCUT2D eigenvalue weighted by atomic mass is 10.1. The average Bonchev–Trinajstić information content (AvgIpc) is 3.51. The molecule has 0 aliphatic heterocycles. The minimum absolute atomic E-state index is 0.196. The number of amides is 1. The maximum atomic E-state index is 12.8. The third-order valence-corrected chi connectivity index (χ3v) is 4.59. The van der Waals surface area contributed by atoms with Gasteiger partial charge in [0.15, 0.2) is 0 Å². The maximum Gasteiger partial charge on any atom is 0.272 e. The number of benzene rings is 2. The number of nitrogens with one attached hydrogen (secondary N) is 1. The van der Waals surface area contributed by atoms with Crippen molar-refractivity contribution in [2.75, 3.05) is 0 Å². The van der Waals surface area contributed by atoms with Crippen LogP contribution >= 0.6 is 0 Å². The van der Waals surface area contributed by atoms with Gasteiger partial charge in [-0.1, -0.05) is 18.2 Å². The van der Waals surface area contributed by atoms with Gasteiger partial charge < -0.3 is 5.11 Å². The summed E-state index contributed by atoms with van der Waals surface area (Å²) in [6.07, 6.45) is 2.26. The van der Waals surface area contributed by atoms with Crippen LogP contribution in [0.3, 0.4) is 0 Å². The van der Waals surface area contributed by atoms with Crippen molar-refractivity contribution in [3.05, 3.63) is 71.4 Å². The lowest BCUT2D eigenvalue weighted by Gasteiger charge is -2.09. The third-order valence-electron chi connectivity index (χ3n) is 4.59. The first-order valence-corrected chi connectivity index (χ1v) is 8.65. The van der Waals surface area contributed by atoms with Gasteiger partial charge in [0.1, 0.15) is 5.75 Å². The van der Waals surface area contributed by atoms with Crippen LogP contribution in [0, 0.1) is 0 Å². The van der Waals surface area contributed by atoms with E-state index in [4.69, 9.17) is 4.98 Å². The summed E-state index contributed by atoms with van der Waals surface area (Å²) in [6.45, 7) is 1.81. The molecule has 0 atom stereocenters. The minimum atomic E-state index is -0.247. The van der Waals surface area contributed by atoms with Gasteiger partial charge in [-0.3, -0.25) is 9.78 Å². The van der Waals surface area contributed by atoms with Gasteiger partial charge in [0.25, 0.3) is 5.91 Å². The molecule has 1 aromatic heterocycles. The number of para-hydroxylation sites is 1. The minimum Gasteiger partial charge on any atom is -0.508 e. The van der Waals surface area contributed by atoms with Gasteiger partial charge in [-0.25, -0.2) is 5.43 Å². The van der Waals surface area contributed by atoms with E-state index in [9.17, 15) is 9.90 Å². The summed E-state index contributed by atoms with van der Waals surface area (Å²) in [7, 11) is 0. The molecule has 1 heterocycles. The first kappa shape index (κ1) is 16.3. The Morgan fingerprint density at radius 2 is 1.88 bits per heavy atom. The zero-order chi connectivity index (χ0) is 18.1. The van der Waals surface area contributed by atoms with E-state index < -0.39 is 0 Å². The molecule has 1 saturated carbocycles. The molecule has 0 unspecified atom stereocenters. The first-order chi connectivity index (χ1) is 12.6. The highest BCUT2D eigenvalue weighted by Crippen LogP contribution is 2.40. The van der Waals surface area contributed by atoms with Crippen molar-refractivity contribution in [1.29, 1.82) is 0 Å². The number of fused-ring (bicyclic) bond motifs is 1. The molecule has 0 saturated heterocycles. The number of hydrogen-bond donors (Lipinski definition) is 2. The molecular weight excluding hydrogens is 326 g/mol. The van der Waals surface area contributed by atoms with Crippen molar-refractivity contribution in [2.45, 2.75) is 25.7 Å². The fourth-order valence-corrected chi connectivity index (χ4v) is 2.93. The van der Waals surface area contributed by atoms with Crippen LogP contribution in [0.2, 0.25) is 0 Å². The molecule has 5 heteroatoms. The van der Waals surface area contributed by atoms with E-state index >= 15 is 0 Å². The van der Waals surface area contributed by atoms with Gasteiger partial charge in [0, 0.05) is 17.0 Å². The summed E-state index contributed by atoms with van der Waals surface area (Å²) in [6, 6.07) is 16.3. The van der Waals surface area contributed by atoms with E-state index in [-0.39, 0.29) is 11.7 Å². The average molecular weight is 345 g/mol. The van der Waals surface area contributed by atoms with Gasteiger partial charge in [0.2, 0.25) is 0 Å². The number of aromatic nitrogens is 1. The normalized spacial score (nSPS) is 14.4. The van der Waals surface area contributed by atoms with Crippen LogP contribution in [0.5, 0.6) is 5.75 Å². The molecule has 1 fully saturated rings. The van der Waals surface area contributed by atoms with E-state index in [1.165, 1.54) is 0 Å². The number of aromatic hydroxyl groups is 1. The molecule has 1 aliphatic carbocycles. The van der Waals surface area contributed by atoms with Crippen molar-refractivity contribution in [1.82, 2.24) is 10.4 Å². The molecule has 0 radical (unpaired) electrons. The number of carbonyl (C=O) groups is 1. The highest BCUT2D eigenvalue weighted by Gasteiger charge is 2.26. The highest BCUT2D eigenvalue weighted by molar-refractivity contribution is 6.07. The molecular formula is C21H19N3O2. The highest BCUT2D eigenvalue weighted by atomic mass is 16.3. The van der Waals surface area contributed by atoms with Crippen LogP contribution in [-0.2, 0) is 0 Å². The van der Waals surface area contributed by atoms with Crippen LogP contribution in [0.15, 0.2) is 59.7 Å². The Balaban J connectivity index is 1.63. The Bertz CT molecular complexity index is 1010. The zero-order valence-electron chi connectivity index (χ0n) is 14.4. The van der Waals surface area contributed by atoms with E-state index in [2.05, 4.69) is 10.5 Å². The largest absolute Gasteiger partial charge is 0.508 e. The Morgan fingerprint density at radius 1 is 1.15 bits per heavy atom. The van der Waals surface area contributed by atoms with E-state index in [1.807, 2.05) is 37.3 Å². The van der Waals surface area contributed by atoms with Crippen molar-refractivity contribution >= 4 is 22.5 Å². The summed E-state index contributed by atoms with van der Waals surface area (Å²) < 4.78 is 0. The molecule has 2 aromatic carbocycles. The second kappa shape index (κ2) is 6.59. The zero-order valence-corrected chi connectivity index (χ0v) is 14.4. The molecule has 4 rings (SSSR count). The van der Waals surface area contributed by atoms with Crippen molar-refractivity contribution in [2.24, 2.45) is 5.10 Å². The van der Waals surface area contributed by atoms with Gasteiger partial charge in [-0.2, -0.15) is 5.10 Å². The van der Waals surface area contributed by atoms with Crippen molar-refractivity contribution in [3.8, 4) is 5.75 Å². The molecule has 3 aromatic rings. The molecule has 1 amide bonds. The van der Waals surface area contributed by atoms with Crippen LogP contribution in [-0.4, -0.2) is 21.7 Å². The van der Waals surface area contributed by atoms with Gasteiger partial charge in [-0.05, 0) is 61.7 Å². The van der Waals surface area contributed by atoms with Gasteiger partial charge in [-0.15, -0.1) is 0 Å². The third kappa shape index (κ3) is 3.28.